The summed E-state index contributed by atoms with van der Waals surface area (Å²) in [6.07, 6.45) is 0.412. The second-order valence-corrected chi connectivity index (χ2v) is 4.11. The van der Waals surface area contributed by atoms with E-state index in [9.17, 15) is 4.39 Å². The molecule has 17 heavy (non-hydrogen) atoms. The smallest absolute Gasteiger partial charge is 0.140 e. The Bertz CT molecular complexity index is 395. The summed E-state index contributed by atoms with van der Waals surface area (Å²) in [5.74, 6) is -0.0748. The first kappa shape index (κ1) is 13.4. The highest BCUT2D eigenvalue weighted by atomic mass is 19.1. The third-order valence-electron chi connectivity index (χ3n) is 2.55. The molecule has 4 nitrogen and oxygen atoms in total. The largest absolute Gasteiger partial charge is 0.409 e. The van der Waals surface area contributed by atoms with E-state index in [1.807, 2.05) is 13.8 Å². The number of halogens is 1. The molecule has 1 aromatic rings. The minimum atomic E-state index is -0.233. The maximum absolute atomic E-state index is 13.5. The van der Waals surface area contributed by atoms with Crippen molar-refractivity contribution in [3.63, 3.8) is 0 Å². The van der Waals surface area contributed by atoms with E-state index in [4.69, 9.17) is 10.9 Å². The molecule has 1 aromatic carbocycles. The van der Waals surface area contributed by atoms with Crippen molar-refractivity contribution in [3.8, 4) is 0 Å². The molecule has 0 bridgehead atoms. The summed E-state index contributed by atoms with van der Waals surface area (Å²) < 4.78 is 13.5. The standard InChI is InChI=1S/C12H18FN3O/c1-8(7-12(14)16-17)15-9(2)10-5-3-4-6-11(10)13/h3-6,8-9,15,17H,7H2,1-2H3,(H2,14,16). The highest BCUT2D eigenvalue weighted by Crippen LogP contribution is 2.16. The Morgan fingerprint density at radius 2 is 2.12 bits per heavy atom. The van der Waals surface area contributed by atoms with Crippen molar-refractivity contribution in [2.75, 3.05) is 0 Å². The number of rotatable bonds is 5. The van der Waals surface area contributed by atoms with Gasteiger partial charge < -0.3 is 16.3 Å². The van der Waals surface area contributed by atoms with E-state index in [2.05, 4.69) is 10.5 Å². The van der Waals surface area contributed by atoms with Crippen LogP contribution in [-0.2, 0) is 0 Å². The molecule has 0 saturated heterocycles. The molecule has 0 amide bonds. The Hall–Kier alpha value is -1.62. The third-order valence-corrected chi connectivity index (χ3v) is 2.55. The number of hydrogen-bond acceptors (Lipinski definition) is 3. The summed E-state index contributed by atoms with van der Waals surface area (Å²) in [7, 11) is 0. The normalized spacial score (nSPS) is 15.6. The lowest BCUT2D eigenvalue weighted by molar-refractivity contribution is 0.315. The number of hydrogen-bond donors (Lipinski definition) is 3. The lowest BCUT2D eigenvalue weighted by Gasteiger charge is -2.20. The van der Waals surface area contributed by atoms with Gasteiger partial charge in [-0.05, 0) is 19.9 Å². The van der Waals surface area contributed by atoms with Crippen LogP contribution in [0.25, 0.3) is 0 Å². The zero-order chi connectivity index (χ0) is 12.8. The number of nitrogens with zero attached hydrogens (tertiary/aromatic N) is 1. The van der Waals surface area contributed by atoms with Gasteiger partial charge in [-0.2, -0.15) is 0 Å². The monoisotopic (exact) mass is 239 g/mol. The highest BCUT2D eigenvalue weighted by Gasteiger charge is 2.13. The average molecular weight is 239 g/mol. The van der Waals surface area contributed by atoms with Gasteiger partial charge in [-0.1, -0.05) is 23.4 Å². The molecule has 2 unspecified atom stereocenters. The summed E-state index contributed by atoms with van der Waals surface area (Å²) >= 11 is 0. The van der Waals surface area contributed by atoms with Crippen LogP contribution in [0.2, 0.25) is 0 Å². The Balaban J connectivity index is 2.60. The lowest BCUT2D eigenvalue weighted by atomic mass is 10.1. The van der Waals surface area contributed by atoms with Crippen molar-refractivity contribution in [1.29, 1.82) is 0 Å². The molecule has 4 N–H and O–H groups in total. The maximum atomic E-state index is 13.5. The van der Waals surface area contributed by atoms with Crippen LogP contribution in [0.1, 0.15) is 31.9 Å². The van der Waals surface area contributed by atoms with Gasteiger partial charge >= 0.3 is 0 Å². The van der Waals surface area contributed by atoms with E-state index < -0.39 is 0 Å². The topological polar surface area (TPSA) is 70.6 Å². The fourth-order valence-electron chi connectivity index (χ4n) is 1.76. The minimum absolute atomic E-state index is 0.000469. The zero-order valence-electron chi connectivity index (χ0n) is 10.0. The van der Waals surface area contributed by atoms with Crippen molar-refractivity contribution in [1.82, 2.24) is 5.32 Å². The average Bonchev–Trinajstić information content (AvgIpc) is 2.29. The van der Waals surface area contributed by atoms with Crippen LogP contribution >= 0.6 is 0 Å². The van der Waals surface area contributed by atoms with E-state index >= 15 is 0 Å². The van der Waals surface area contributed by atoms with Crippen molar-refractivity contribution >= 4 is 5.84 Å². The molecule has 5 heteroatoms. The third kappa shape index (κ3) is 4.03. The van der Waals surface area contributed by atoms with Gasteiger partial charge in [0.25, 0.3) is 0 Å². The van der Waals surface area contributed by atoms with Gasteiger partial charge in [0.15, 0.2) is 0 Å². The van der Waals surface area contributed by atoms with Crippen molar-refractivity contribution in [3.05, 3.63) is 35.6 Å². The van der Waals surface area contributed by atoms with Crippen molar-refractivity contribution in [2.45, 2.75) is 32.4 Å². The molecule has 0 fully saturated rings. The van der Waals surface area contributed by atoms with Gasteiger partial charge in [0.2, 0.25) is 0 Å². The molecular weight excluding hydrogens is 221 g/mol. The van der Waals surface area contributed by atoms with Crippen LogP contribution < -0.4 is 11.1 Å². The van der Waals surface area contributed by atoms with Gasteiger partial charge in [0.05, 0.1) is 0 Å². The van der Waals surface area contributed by atoms with Crippen LogP contribution in [0.15, 0.2) is 29.4 Å². The molecular formula is C12H18FN3O. The molecule has 0 aromatic heterocycles. The van der Waals surface area contributed by atoms with E-state index in [1.165, 1.54) is 6.07 Å². The first-order valence-electron chi connectivity index (χ1n) is 5.51. The first-order valence-corrected chi connectivity index (χ1v) is 5.51. The number of oxime groups is 1. The van der Waals surface area contributed by atoms with Crippen LogP contribution in [0.3, 0.4) is 0 Å². The van der Waals surface area contributed by atoms with Crippen molar-refractivity contribution in [2.24, 2.45) is 10.9 Å². The van der Waals surface area contributed by atoms with E-state index in [0.29, 0.717) is 12.0 Å². The highest BCUT2D eigenvalue weighted by molar-refractivity contribution is 5.80. The molecule has 0 aliphatic heterocycles. The molecule has 0 aliphatic carbocycles. The summed E-state index contributed by atoms with van der Waals surface area (Å²) in [5, 5.41) is 14.6. The fourth-order valence-corrected chi connectivity index (χ4v) is 1.76. The quantitative estimate of drug-likeness (QED) is 0.318. The minimum Gasteiger partial charge on any atom is -0.409 e. The van der Waals surface area contributed by atoms with E-state index in [1.54, 1.807) is 18.2 Å². The summed E-state index contributed by atoms with van der Waals surface area (Å²) in [6.45, 7) is 3.77. The van der Waals surface area contributed by atoms with Crippen LogP contribution in [-0.4, -0.2) is 17.1 Å². The van der Waals surface area contributed by atoms with Gasteiger partial charge in [-0.15, -0.1) is 0 Å². The van der Waals surface area contributed by atoms with Gasteiger partial charge in [0.1, 0.15) is 11.7 Å². The fraction of sp³-hybridized carbons (Fsp3) is 0.417. The molecule has 1 rings (SSSR count). The second kappa shape index (κ2) is 6.20. The molecule has 94 valence electrons. The van der Waals surface area contributed by atoms with Gasteiger partial charge in [0, 0.05) is 24.1 Å². The number of benzene rings is 1. The molecule has 0 radical (unpaired) electrons. The Morgan fingerprint density at radius 3 is 2.71 bits per heavy atom. The number of amidine groups is 1. The van der Waals surface area contributed by atoms with Crippen molar-refractivity contribution < 1.29 is 9.60 Å². The molecule has 0 heterocycles. The second-order valence-electron chi connectivity index (χ2n) is 4.11. The maximum Gasteiger partial charge on any atom is 0.140 e. The van der Waals surface area contributed by atoms with Gasteiger partial charge in [-0.3, -0.25) is 0 Å². The summed E-state index contributed by atoms with van der Waals surface area (Å²) in [4.78, 5) is 0. The van der Waals surface area contributed by atoms with Crippen LogP contribution in [0.4, 0.5) is 4.39 Å². The van der Waals surface area contributed by atoms with Crippen LogP contribution in [0.5, 0.6) is 0 Å². The van der Waals surface area contributed by atoms with Crippen LogP contribution in [0, 0.1) is 5.82 Å². The lowest BCUT2D eigenvalue weighted by Crippen LogP contribution is -2.33. The first-order chi connectivity index (χ1) is 8.04. The predicted octanol–water partition coefficient (Wildman–Crippen LogP) is 2.00. The Kier molecular flexibility index (Phi) is 4.90. The van der Waals surface area contributed by atoms with E-state index in [-0.39, 0.29) is 23.7 Å². The SMILES string of the molecule is CC(CC(N)=NO)NC(C)c1ccccc1F. The molecule has 0 saturated carbocycles. The van der Waals surface area contributed by atoms with E-state index in [0.717, 1.165) is 0 Å². The summed E-state index contributed by atoms with van der Waals surface area (Å²) in [5.41, 5.74) is 6.01. The Morgan fingerprint density at radius 1 is 1.47 bits per heavy atom. The molecule has 0 spiro atoms. The van der Waals surface area contributed by atoms with Gasteiger partial charge in [-0.25, -0.2) is 4.39 Å². The summed E-state index contributed by atoms with van der Waals surface area (Å²) in [6, 6.07) is 6.50. The molecule has 2 atom stereocenters. The zero-order valence-corrected chi connectivity index (χ0v) is 10.0. The molecule has 0 aliphatic rings. The number of nitrogens with one attached hydrogen (secondary N) is 1. The Labute approximate surface area is 100 Å². The predicted molar refractivity (Wildman–Crippen MR) is 65.4 cm³/mol. The number of nitrogens with two attached hydrogens (primary N) is 1.